The highest BCUT2D eigenvalue weighted by Crippen LogP contribution is 2.24. The van der Waals surface area contributed by atoms with Gasteiger partial charge in [0, 0.05) is 37.7 Å². The molecule has 2 rings (SSSR count). The number of aryl methyl sites for hydroxylation is 1. The van der Waals surface area contributed by atoms with Crippen molar-refractivity contribution in [3.05, 3.63) is 59.4 Å². The van der Waals surface area contributed by atoms with Gasteiger partial charge in [-0.25, -0.2) is 0 Å². The molecule has 0 aliphatic carbocycles. The molecule has 3 nitrogen and oxygen atoms in total. The van der Waals surface area contributed by atoms with Crippen LogP contribution in [0, 0.1) is 6.92 Å². The van der Waals surface area contributed by atoms with E-state index in [2.05, 4.69) is 55.0 Å². The van der Waals surface area contributed by atoms with Crippen LogP contribution in [0.4, 0.5) is 5.69 Å². The molecular weight excluding hydrogens is 258 g/mol. The van der Waals surface area contributed by atoms with Crippen molar-refractivity contribution in [3.8, 4) is 0 Å². The number of hydrogen-bond acceptors (Lipinski definition) is 3. The van der Waals surface area contributed by atoms with Crippen molar-refractivity contribution >= 4 is 5.69 Å². The van der Waals surface area contributed by atoms with Crippen molar-refractivity contribution in [3.63, 3.8) is 0 Å². The van der Waals surface area contributed by atoms with Crippen molar-refractivity contribution in [1.82, 2.24) is 4.98 Å². The van der Waals surface area contributed by atoms with Gasteiger partial charge in [-0.3, -0.25) is 4.98 Å². The van der Waals surface area contributed by atoms with Gasteiger partial charge in [0.25, 0.3) is 0 Å². The fraction of sp³-hybridized carbons (Fsp3) is 0.389. The Morgan fingerprint density at radius 3 is 2.76 bits per heavy atom. The van der Waals surface area contributed by atoms with Crippen molar-refractivity contribution in [2.75, 3.05) is 11.9 Å². The first-order chi connectivity index (χ1) is 10.1. The van der Waals surface area contributed by atoms with E-state index in [0.29, 0.717) is 0 Å². The molecule has 1 atom stereocenters. The molecule has 0 saturated heterocycles. The van der Waals surface area contributed by atoms with Crippen LogP contribution in [0.25, 0.3) is 0 Å². The van der Waals surface area contributed by atoms with Crippen LogP contribution in [0.1, 0.15) is 30.0 Å². The van der Waals surface area contributed by atoms with E-state index in [1.165, 1.54) is 22.4 Å². The number of nitrogens with zero attached hydrogens (tertiary/aromatic N) is 2. The number of benzene rings is 1. The number of nitrogens with two attached hydrogens (primary N) is 1. The molecule has 0 saturated carbocycles. The van der Waals surface area contributed by atoms with E-state index in [-0.39, 0.29) is 6.04 Å². The summed E-state index contributed by atoms with van der Waals surface area (Å²) in [6.45, 7) is 5.12. The largest absolute Gasteiger partial charge is 0.370 e. The van der Waals surface area contributed by atoms with Crippen molar-refractivity contribution in [1.29, 1.82) is 0 Å². The van der Waals surface area contributed by atoms with Gasteiger partial charge in [0.15, 0.2) is 0 Å². The van der Waals surface area contributed by atoms with Crippen LogP contribution in [-0.2, 0) is 13.0 Å². The fourth-order valence-corrected chi connectivity index (χ4v) is 2.53. The lowest BCUT2D eigenvalue weighted by Gasteiger charge is -2.24. The number of hydrogen-bond donors (Lipinski definition) is 1. The Morgan fingerprint density at radius 2 is 2.10 bits per heavy atom. The molecule has 1 aromatic carbocycles. The summed E-state index contributed by atoms with van der Waals surface area (Å²) < 4.78 is 0. The van der Waals surface area contributed by atoms with Gasteiger partial charge in [0.05, 0.1) is 0 Å². The molecule has 0 bridgehead atoms. The Morgan fingerprint density at radius 1 is 1.29 bits per heavy atom. The first-order valence-electron chi connectivity index (χ1n) is 7.55. The summed E-state index contributed by atoms with van der Waals surface area (Å²) in [6.07, 6.45) is 5.65. The minimum absolute atomic E-state index is 0.220. The fourth-order valence-electron chi connectivity index (χ4n) is 2.53. The van der Waals surface area contributed by atoms with Gasteiger partial charge in [-0.15, -0.1) is 0 Å². The van der Waals surface area contributed by atoms with E-state index in [1.54, 1.807) is 6.20 Å². The quantitative estimate of drug-likeness (QED) is 0.884. The zero-order chi connectivity index (χ0) is 15.2. The Labute approximate surface area is 127 Å². The number of rotatable bonds is 6. The highest BCUT2D eigenvalue weighted by atomic mass is 15.1. The van der Waals surface area contributed by atoms with Crippen LogP contribution in [0.3, 0.4) is 0 Å². The average Bonchev–Trinajstić information content (AvgIpc) is 2.48. The molecule has 112 valence electrons. The van der Waals surface area contributed by atoms with E-state index in [9.17, 15) is 0 Å². The van der Waals surface area contributed by atoms with Crippen LogP contribution < -0.4 is 10.6 Å². The van der Waals surface area contributed by atoms with E-state index < -0.39 is 0 Å². The second-order valence-electron chi connectivity index (χ2n) is 5.72. The molecule has 2 N–H and O–H groups in total. The van der Waals surface area contributed by atoms with Crippen LogP contribution in [0.5, 0.6) is 0 Å². The van der Waals surface area contributed by atoms with Gasteiger partial charge in [-0.2, -0.15) is 0 Å². The lowest BCUT2D eigenvalue weighted by Crippen LogP contribution is -2.24. The van der Waals surface area contributed by atoms with Gasteiger partial charge in [-0.05, 0) is 43.0 Å². The van der Waals surface area contributed by atoms with Crippen molar-refractivity contribution in [2.24, 2.45) is 5.73 Å². The second kappa shape index (κ2) is 7.23. The van der Waals surface area contributed by atoms with Crippen molar-refractivity contribution < 1.29 is 0 Å². The monoisotopic (exact) mass is 283 g/mol. The maximum Gasteiger partial charge on any atom is 0.0441 e. The SMILES string of the molecule is CCC(N)Cc1cc(C)ccc1N(C)Cc1cccnc1. The van der Waals surface area contributed by atoms with E-state index in [0.717, 1.165) is 19.4 Å². The molecule has 1 heterocycles. The van der Waals surface area contributed by atoms with Gasteiger partial charge in [-0.1, -0.05) is 30.7 Å². The first-order valence-corrected chi connectivity index (χ1v) is 7.55. The Kier molecular flexibility index (Phi) is 5.34. The molecule has 0 aliphatic rings. The normalized spacial score (nSPS) is 12.2. The van der Waals surface area contributed by atoms with Crippen LogP contribution >= 0.6 is 0 Å². The average molecular weight is 283 g/mol. The zero-order valence-electron chi connectivity index (χ0n) is 13.2. The molecule has 3 heteroatoms. The van der Waals surface area contributed by atoms with E-state index in [1.807, 2.05) is 12.3 Å². The van der Waals surface area contributed by atoms with Crippen LogP contribution in [-0.4, -0.2) is 18.1 Å². The van der Waals surface area contributed by atoms with E-state index >= 15 is 0 Å². The highest BCUT2D eigenvalue weighted by Gasteiger charge is 2.11. The number of aromatic nitrogens is 1. The van der Waals surface area contributed by atoms with Crippen LogP contribution in [0.2, 0.25) is 0 Å². The molecule has 21 heavy (non-hydrogen) atoms. The third-order valence-corrected chi connectivity index (χ3v) is 3.80. The summed E-state index contributed by atoms with van der Waals surface area (Å²) in [7, 11) is 2.12. The molecule has 1 unspecified atom stereocenters. The second-order valence-corrected chi connectivity index (χ2v) is 5.72. The standard InChI is InChI=1S/C18H25N3/c1-4-17(19)11-16-10-14(2)7-8-18(16)21(3)13-15-6-5-9-20-12-15/h5-10,12,17H,4,11,13,19H2,1-3H3. The predicted molar refractivity (Wildman–Crippen MR) is 89.5 cm³/mol. The summed E-state index contributed by atoms with van der Waals surface area (Å²) in [5, 5.41) is 0. The molecule has 1 aromatic heterocycles. The highest BCUT2D eigenvalue weighted by molar-refractivity contribution is 5.55. The van der Waals surface area contributed by atoms with Crippen molar-refractivity contribution in [2.45, 2.75) is 39.3 Å². The predicted octanol–water partition coefficient (Wildman–Crippen LogP) is 3.31. The Balaban J connectivity index is 2.21. The summed E-state index contributed by atoms with van der Waals surface area (Å²) in [6, 6.07) is 10.9. The van der Waals surface area contributed by atoms with Gasteiger partial charge in [0.2, 0.25) is 0 Å². The third kappa shape index (κ3) is 4.30. The molecule has 0 fully saturated rings. The molecule has 0 amide bonds. The van der Waals surface area contributed by atoms with Gasteiger partial charge >= 0.3 is 0 Å². The number of pyridine rings is 1. The summed E-state index contributed by atoms with van der Waals surface area (Å²) in [4.78, 5) is 6.45. The zero-order valence-corrected chi connectivity index (χ0v) is 13.2. The smallest absolute Gasteiger partial charge is 0.0441 e. The molecule has 2 aromatic rings. The lowest BCUT2D eigenvalue weighted by atomic mass is 10.00. The summed E-state index contributed by atoms with van der Waals surface area (Å²) in [5.41, 5.74) is 11.2. The topological polar surface area (TPSA) is 42.1 Å². The van der Waals surface area contributed by atoms with E-state index in [4.69, 9.17) is 5.73 Å². The Hall–Kier alpha value is -1.87. The lowest BCUT2D eigenvalue weighted by molar-refractivity contribution is 0.645. The first kappa shape index (κ1) is 15.5. The molecule has 0 aliphatic heterocycles. The Bertz CT molecular complexity index is 566. The minimum Gasteiger partial charge on any atom is -0.370 e. The third-order valence-electron chi connectivity index (χ3n) is 3.80. The summed E-state index contributed by atoms with van der Waals surface area (Å²) in [5.74, 6) is 0. The molecule has 0 radical (unpaired) electrons. The van der Waals surface area contributed by atoms with Gasteiger partial charge < -0.3 is 10.6 Å². The van der Waals surface area contributed by atoms with Crippen LogP contribution in [0.15, 0.2) is 42.7 Å². The maximum absolute atomic E-state index is 6.15. The minimum atomic E-state index is 0.220. The maximum atomic E-state index is 6.15. The number of anilines is 1. The summed E-state index contributed by atoms with van der Waals surface area (Å²) >= 11 is 0. The molecular formula is C18H25N3. The molecule has 0 spiro atoms. The van der Waals surface area contributed by atoms with Gasteiger partial charge in [0.1, 0.15) is 0 Å².